The summed E-state index contributed by atoms with van der Waals surface area (Å²) in [5, 5.41) is 0. The molecule has 0 aromatic heterocycles. The van der Waals surface area contributed by atoms with Crippen LogP contribution in [0.25, 0.3) is 0 Å². The molecule has 0 aliphatic carbocycles. The number of esters is 1. The molecule has 5 nitrogen and oxygen atoms in total. The van der Waals surface area contributed by atoms with Crippen LogP contribution < -0.4 is 0 Å². The van der Waals surface area contributed by atoms with Crippen LogP contribution in [0.3, 0.4) is 0 Å². The number of hydrogen-bond donors (Lipinski definition) is 0. The van der Waals surface area contributed by atoms with Gasteiger partial charge in [0.05, 0.1) is 13.2 Å². The summed E-state index contributed by atoms with van der Waals surface area (Å²) in [5.74, 6) is -0.731. The van der Waals surface area contributed by atoms with Crippen LogP contribution in [0.2, 0.25) is 0 Å². The average molecular weight is 217 g/mol. The second-order valence-corrected chi connectivity index (χ2v) is 3.38. The molecule has 0 saturated carbocycles. The fourth-order valence-electron chi connectivity index (χ4n) is 0.857. The topological polar surface area (TPSA) is 55.8 Å². The average Bonchev–Trinajstić information content (AvgIpc) is 2.12. The van der Waals surface area contributed by atoms with Gasteiger partial charge < -0.3 is 14.4 Å². The van der Waals surface area contributed by atoms with Crippen molar-refractivity contribution >= 4 is 11.8 Å². The first-order valence-electron chi connectivity index (χ1n) is 4.96. The molecule has 0 fully saturated rings. The number of likely N-dealkylation sites (N-methyl/N-ethyl adjacent to an activating group) is 1. The molecule has 0 spiro atoms. The van der Waals surface area contributed by atoms with Gasteiger partial charge in [-0.2, -0.15) is 0 Å². The van der Waals surface area contributed by atoms with Crippen LogP contribution in [0, 0.1) is 0 Å². The molecule has 15 heavy (non-hydrogen) atoms. The van der Waals surface area contributed by atoms with Gasteiger partial charge in [-0.1, -0.05) is 0 Å². The maximum absolute atomic E-state index is 11.1. The zero-order chi connectivity index (χ0) is 11.7. The van der Waals surface area contributed by atoms with Gasteiger partial charge in [-0.25, -0.2) is 0 Å². The van der Waals surface area contributed by atoms with Crippen LogP contribution in [0.5, 0.6) is 0 Å². The molecule has 0 heterocycles. The highest BCUT2D eigenvalue weighted by atomic mass is 16.5. The number of carbonyl (C=O) groups excluding carboxylic acids is 2. The second kappa shape index (κ2) is 8.38. The fourth-order valence-corrected chi connectivity index (χ4v) is 0.857. The molecule has 0 N–H and O–H groups in total. The molecule has 0 radical (unpaired) electrons. The number of nitrogens with zero attached hydrogens (tertiary/aromatic N) is 1. The summed E-state index contributed by atoms with van der Waals surface area (Å²) in [6.07, 6.45) is -0.199. The largest absolute Gasteiger partial charge is 0.466 e. The third-order valence-corrected chi connectivity index (χ3v) is 1.59. The smallest absolute Gasteiger partial charge is 0.313 e. The van der Waals surface area contributed by atoms with Gasteiger partial charge in [0.15, 0.2) is 5.78 Å². The predicted octanol–water partition coefficient (Wildman–Crippen LogP) is 0.0869. The SMILES string of the molecule is CCOC(=O)CC(=O)COCCN(C)C. The van der Waals surface area contributed by atoms with Crippen molar-refractivity contribution < 1.29 is 19.1 Å². The highest BCUT2D eigenvalue weighted by Crippen LogP contribution is 1.90. The van der Waals surface area contributed by atoms with E-state index in [2.05, 4.69) is 4.74 Å². The van der Waals surface area contributed by atoms with Gasteiger partial charge in [0.25, 0.3) is 0 Å². The minimum Gasteiger partial charge on any atom is -0.466 e. The summed E-state index contributed by atoms with van der Waals surface area (Å²) >= 11 is 0. The summed E-state index contributed by atoms with van der Waals surface area (Å²) in [5.41, 5.74) is 0. The Bertz CT molecular complexity index is 204. The molecule has 0 rings (SSSR count). The minimum atomic E-state index is -0.487. The Kier molecular flexibility index (Phi) is 7.85. The molecule has 5 heteroatoms. The normalized spacial score (nSPS) is 10.4. The maximum Gasteiger partial charge on any atom is 0.313 e. The number of Topliss-reactive ketones (excluding diaryl/α,β-unsaturated/α-hetero) is 1. The monoisotopic (exact) mass is 217 g/mol. The van der Waals surface area contributed by atoms with E-state index in [0.29, 0.717) is 13.2 Å². The molecule has 0 atom stereocenters. The van der Waals surface area contributed by atoms with E-state index in [-0.39, 0.29) is 18.8 Å². The van der Waals surface area contributed by atoms with Crippen LogP contribution in [-0.2, 0) is 19.1 Å². The van der Waals surface area contributed by atoms with E-state index in [1.54, 1.807) is 6.92 Å². The van der Waals surface area contributed by atoms with Crippen molar-refractivity contribution in [3.8, 4) is 0 Å². The second-order valence-electron chi connectivity index (χ2n) is 3.38. The van der Waals surface area contributed by atoms with Crippen LogP contribution in [-0.4, -0.2) is 57.1 Å². The molecule has 0 saturated heterocycles. The standard InChI is InChI=1S/C10H19NO4/c1-4-15-10(13)7-9(12)8-14-6-5-11(2)3/h4-8H2,1-3H3. The molecular weight excluding hydrogens is 198 g/mol. The third-order valence-electron chi connectivity index (χ3n) is 1.59. The zero-order valence-electron chi connectivity index (χ0n) is 9.62. The summed E-state index contributed by atoms with van der Waals surface area (Å²) in [7, 11) is 3.84. The predicted molar refractivity (Wildman–Crippen MR) is 55.6 cm³/mol. The summed E-state index contributed by atoms with van der Waals surface area (Å²) in [4.78, 5) is 24.0. The van der Waals surface area contributed by atoms with Crippen molar-refractivity contribution in [3.63, 3.8) is 0 Å². The van der Waals surface area contributed by atoms with E-state index in [1.165, 1.54) is 0 Å². The summed E-state index contributed by atoms with van der Waals surface area (Å²) in [6.45, 7) is 3.23. The lowest BCUT2D eigenvalue weighted by Crippen LogP contribution is -2.21. The van der Waals surface area contributed by atoms with Gasteiger partial charge in [-0.15, -0.1) is 0 Å². The van der Waals surface area contributed by atoms with Crippen molar-refractivity contribution in [1.29, 1.82) is 0 Å². The number of ether oxygens (including phenoxy) is 2. The van der Waals surface area contributed by atoms with Gasteiger partial charge in [0.2, 0.25) is 0 Å². The van der Waals surface area contributed by atoms with Crippen molar-refractivity contribution in [3.05, 3.63) is 0 Å². The first kappa shape index (κ1) is 14.1. The van der Waals surface area contributed by atoms with Gasteiger partial charge in [0, 0.05) is 6.54 Å². The first-order valence-corrected chi connectivity index (χ1v) is 4.96. The molecular formula is C10H19NO4. The lowest BCUT2D eigenvalue weighted by Gasteiger charge is -2.09. The molecule has 0 aromatic carbocycles. The van der Waals surface area contributed by atoms with Crippen LogP contribution in [0.1, 0.15) is 13.3 Å². The molecule has 0 aliphatic rings. The minimum absolute atomic E-state index is 0.0212. The molecule has 0 aliphatic heterocycles. The zero-order valence-corrected chi connectivity index (χ0v) is 9.62. The Balaban J connectivity index is 3.45. The van der Waals surface area contributed by atoms with Crippen LogP contribution >= 0.6 is 0 Å². The van der Waals surface area contributed by atoms with E-state index in [1.807, 2.05) is 19.0 Å². The Hall–Kier alpha value is -0.940. The quantitative estimate of drug-likeness (QED) is 0.327. The maximum atomic E-state index is 11.1. The van der Waals surface area contributed by atoms with E-state index in [4.69, 9.17) is 4.74 Å². The van der Waals surface area contributed by atoms with Crippen LogP contribution in [0.4, 0.5) is 0 Å². The molecule has 0 amide bonds. The fraction of sp³-hybridized carbons (Fsp3) is 0.800. The first-order chi connectivity index (χ1) is 7.06. The molecule has 0 bridgehead atoms. The third kappa shape index (κ3) is 9.37. The van der Waals surface area contributed by atoms with Crippen molar-refractivity contribution in [1.82, 2.24) is 4.90 Å². The molecule has 88 valence electrons. The number of hydrogen-bond acceptors (Lipinski definition) is 5. The Morgan fingerprint density at radius 1 is 1.27 bits per heavy atom. The lowest BCUT2D eigenvalue weighted by atomic mass is 10.3. The number of rotatable bonds is 8. The Morgan fingerprint density at radius 2 is 1.93 bits per heavy atom. The van der Waals surface area contributed by atoms with E-state index in [9.17, 15) is 9.59 Å². The summed E-state index contributed by atoms with van der Waals surface area (Å²) in [6, 6.07) is 0. The van der Waals surface area contributed by atoms with Crippen LogP contribution in [0.15, 0.2) is 0 Å². The van der Waals surface area contributed by atoms with Crippen molar-refractivity contribution in [2.45, 2.75) is 13.3 Å². The van der Waals surface area contributed by atoms with Gasteiger partial charge in [-0.3, -0.25) is 9.59 Å². The van der Waals surface area contributed by atoms with Crippen molar-refractivity contribution in [2.24, 2.45) is 0 Å². The summed E-state index contributed by atoms with van der Waals surface area (Å²) < 4.78 is 9.72. The lowest BCUT2D eigenvalue weighted by molar-refractivity contribution is -0.146. The van der Waals surface area contributed by atoms with E-state index in [0.717, 1.165) is 6.54 Å². The molecule has 0 aromatic rings. The number of ketones is 1. The molecule has 0 unspecified atom stereocenters. The van der Waals surface area contributed by atoms with E-state index >= 15 is 0 Å². The van der Waals surface area contributed by atoms with Gasteiger partial charge in [-0.05, 0) is 21.0 Å². The number of carbonyl (C=O) groups is 2. The highest BCUT2D eigenvalue weighted by Gasteiger charge is 2.09. The van der Waals surface area contributed by atoms with Gasteiger partial charge in [0.1, 0.15) is 13.0 Å². The highest BCUT2D eigenvalue weighted by molar-refractivity contribution is 5.96. The Labute approximate surface area is 90.3 Å². The Morgan fingerprint density at radius 3 is 2.47 bits per heavy atom. The van der Waals surface area contributed by atoms with Gasteiger partial charge >= 0.3 is 5.97 Å². The van der Waals surface area contributed by atoms with Crippen molar-refractivity contribution in [2.75, 3.05) is 40.5 Å². The van der Waals surface area contributed by atoms with E-state index < -0.39 is 5.97 Å².